The minimum atomic E-state index is -0.979. The lowest BCUT2D eigenvalue weighted by Crippen LogP contribution is -2.53. The summed E-state index contributed by atoms with van der Waals surface area (Å²) in [6, 6.07) is 9.96. The van der Waals surface area contributed by atoms with Gasteiger partial charge in [-0.25, -0.2) is 0 Å². The molecule has 1 aromatic carbocycles. The van der Waals surface area contributed by atoms with Gasteiger partial charge in [-0.3, -0.25) is 9.59 Å². The Bertz CT molecular complexity index is 442. The SMILES string of the molecule is O=C1CC(=O)OC2(CC(c3ccccc3)C2)O1. The third kappa shape index (κ3) is 1.79. The molecule has 2 fully saturated rings. The van der Waals surface area contributed by atoms with Crippen LogP contribution in [0.1, 0.15) is 30.7 Å². The summed E-state index contributed by atoms with van der Waals surface area (Å²) in [6.45, 7) is 0. The molecule has 0 bridgehead atoms. The van der Waals surface area contributed by atoms with Gasteiger partial charge in [-0.2, -0.15) is 0 Å². The van der Waals surface area contributed by atoms with Gasteiger partial charge in [-0.05, 0) is 11.5 Å². The molecule has 1 heterocycles. The summed E-state index contributed by atoms with van der Waals surface area (Å²) >= 11 is 0. The van der Waals surface area contributed by atoms with Crippen LogP contribution in [0.4, 0.5) is 0 Å². The first kappa shape index (κ1) is 10.3. The van der Waals surface area contributed by atoms with E-state index in [4.69, 9.17) is 9.47 Å². The minimum absolute atomic E-state index is 0.266. The summed E-state index contributed by atoms with van der Waals surface area (Å²) < 4.78 is 10.3. The molecule has 4 heteroatoms. The fraction of sp³-hybridized carbons (Fsp3) is 0.385. The molecule has 1 saturated heterocycles. The highest BCUT2D eigenvalue weighted by molar-refractivity contribution is 5.93. The third-order valence-electron chi connectivity index (χ3n) is 3.27. The van der Waals surface area contributed by atoms with E-state index in [0.29, 0.717) is 18.8 Å². The van der Waals surface area contributed by atoms with Gasteiger partial charge in [0.1, 0.15) is 6.42 Å². The average Bonchev–Trinajstić information content (AvgIpc) is 2.25. The Morgan fingerprint density at radius 2 is 1.59 bits per heavy atom. The largest absolute Gasteiger partial charge is 0.422 e. The Balaban J connectivity index is 1.71. The van der Waals surface area contributed by atoms with E-state index in [2.05, 4.69) is 0 Å². The lowest BCUT2D eigenvalue weighted by atomic mass is 9.74. The summed E-state index contributed by atoms with van der Waals surface area (Å²) in [5.74, 6) is -1.64. The number of carbonyl (C=O) groups excluding carboxylic acids is 2. The second-order valence-corrected chi connectivity index (χ2v) is 4.55. The van der Waals surface area contributed by atoms with Crippen molar-refractivity contribution in [1.82, 2.24) is 0 Å². The highest BCUT2D eigenvalue weighted by Crippen LogP contribution is 2.49. The molecule has 1 aliphatic heterocycles. The van der Waals surface area contributed by atoms with Crippen molar-refractivity contribution in [3.8, 4) is 0 Å². The first-order chi connectivity index (χ1) is 8.17. The van der Waals surface area contributed by atoms with E-state index >= 15 is 0 Å². The van der Waals surface area contributed by atoms with Crippen LogP contribution in [-0.4, -0.2) is 17.7 Å². The Morgan fingerprint density at radius 1 is 1.00 bits per heavy atom. The summed E-state index contributed by atoms with van der Waals surface area (Å²) in [5, 5.41) is 0. The van der Waals surface area contributed by atoms with Gasteiger partial charge in [0.05, 0.1) is 0 Å². The molecule has 0 amide bonds. The zero-order valence-electron chi connectivity index (χ0n) is 9.22. The van der Waals surface area contributed by atoms with Gasteiger partial charge in [0.25, 0.3) is 5.79 Å². The van der Waals surface area contributed by atoms with E-state index in [1.54, 1.807) is 0 Å². The van der Waals surface area contributed by atoms with Crippen molar-refractivity contribution in [2.45, 2.75) is 31.0 Å². The Morgan fingerprint density at radius 3 is 2.18 bits per heavy atom. The van der Waals surface area contributed by atoms with Crippen molar-refractivity contribution in [3.05, 3.63) is 35.9 Å². The van der Waals surface area contributed by atoms with Crippen LogP contribution in [0.2, 0.25) is 0 Å². The number of esters is 2. The Kier molecular flexibility index (Phi) is 2.18. The molecule has 0 unspecified atom stereocenters. The van der Waals surface area contributed by atoms with E-state index in [-0.39, 0.29) is 6.42 Å². The van der Waals surface area contributed by atoms with Crippen molar-refractivity contribution in [2.24, 2.45) is 0 Å². The summed E-state index contributed by atoms with van der Waals surface area (Å²) in [7, 11) is 0. The fourth-order valence-corrected chi connectivity index (χ4v) is 2.44. The number of benzene rings is 1. The summed E-state index contributed by atoms with van der Waals surface area (Å²) in [4.78, 5) is 22.4. The first-order valence-corrected chi connectivity index (χ1v) is 5.65. The molecule has 88 valence electrons. The third-order valence-corrected chi connectivity index (χ3v) is 3.27. The monoisotopic (exact) mass is 232 g/mol. The molecule has 1 saturated carbocycles. The number of rotatable bonds is 1. The molecule has 1 aromatic rings. The van der Waals surface area contributed by atoms with E-state index < -0.39 is 17.7 Å². The molecule has 0 N–H and O–H groups in total. The molecule has 17 heavy (non-hydrogen) atoms. The van der Waals surface area contributed by atoms with Crippen LogP contribution >= 0.6 is 0 Å². The predicted octanol–water partition coefficient (Wildman–Crippen LogP) is 1.75. The topological polar surface area (TPSA) is 52.6 Å². The maximum Gasteiger partial charge on any atom is 0.320 e. The smallest absolute Gasteiger partial charge is 0.320 e. The standard InChI is InChI=1S/C13H12O4/c14-11-6-12(15)17-13(16-11)7-10(8-13)9-4-2-1-3-5-9/h1-5,10H,6-8H2. The highest BCUT2D eigenvalue weighted by Gasteiger charge is 2.54. The zero-order chi connectivity index (χ0) is 11.9. The molecule has 3 rings (SSSR count). The molecule has 1 aliphatic carbocycles. The van der Waals surface area contributed by atoms with Crippen LogP contribution in [0.15, 0.2) is 30.3 Å². The van der Waals surface area contributed by atoms with Gasteiger partial charge in [0.2, 0.25) is 0 Å². The quantitative estimate of drug-likeness (QED) is 0.546. The van der Waals surface area contributed by atoms with Crippen molar-refractivity contribution in [3.63, 3.8) is 0 Å². The van der Waals surface area contributed by atoms with Crippen LogP contribution in [0, 0.1) is 0 Å². The maximum atomic E-state index is 11.2. The molecule has 4 nitrogen and oxygen atoms in total. The Labute approximate surface area is 98.5 Å². The molecule has 2 aliphatic rings. The van der Waals surface area contributed by atoms with Crippen LogP contribution in [-0.2, 0) is 19.1 Å². The number of hydrogen-bond donors (Lipinski definition) is 0. The summed E-state index contributed by atoms with van der Waals surface area (Å²) in [5.41, 5.74) is 1.19. The van der Waals surface area contributed by atoms with Gasteiger partial charge in [0, 0.05) is 12.8 Å². The van der Waals surface area contributed by atoms with Crippen molar-refractivity contribution in [2.75, 3.05) is 0 Å². The van der Waals surface area contributed by atoms with E-state index in [1.165, 1.54) is 5.56 Å². The van der Waals surface area contributed by atoms with Crippen LogP contribution in [0.25, 0.3) is 0 Å². The fourth-order valence-electron chi connectivity index (χ4n) is 2.44. The molecule has 1 spiro atoms. The molecular weight excluding hydrogens is 220 g/mol. The molecular formula is C13H12O4. The van der Waals surface area contributed by atoms with Crippen molar-refractivity contribution < 1.29 is 19.1 Å². The van der Waals surface area contributed by atoms with Crippen molar-refractivity contribution >= 4 is 11.9 Å². The number of ether oxygens (including phenoxy) is 2. The Hall–Kier alpha value is -1.84. The van der Waals surface area contributed by atoms with Gasteiger partial charge in [0.15, 0.2) is 0 Å². The van der Waals surface area contributed by atoms with Crippen LogP contribution < -0.4 is 0 Å². The second kappa shape index (κ2) is 3.58. The van der Waals surface area contributed by atoms with Crippen molar-refractivity contribution in [1.29, 1.82) is 0 Å². The average molecular weight is 232 g/mol. The normalized spacial score (nSPS) is 22.8. The first-order valence-electron chi connectivity index (χ1n) is 5.65. The summed E-state index contributed by atoms with van der Waals surface area (Å²) in [6.07, 6.45) is 0.862. The number of hydrogen-bond acceptors (Lipinski definition) is 4. The van der Waals surface area contributed by atoms with Crippen LogP contribution in [0.3, 0.4) is 0 Å². The molecule has 0 aromatic heterocycles. The highest BCUT2D eigenvalue weighted by atomic mass is 16.7. The lowest BCUT2D eigenvalue weighted by Gasteiger charge is -2.47. The van der Waals surface area contributed by atoms with Crippen LogP contribution in [0.5, 0.6) is 0 Å². The zero-order valence-corrected chi connectivity index (χ0v) is 9.22. The van der Waals surface area contributed by atoms with E-state index in [0.717, 1.165) is 0 Å². The predicted molar refractivity (Wildman–Crippen MR) is 57.9 cm³/mol. The van der Waals surface area contributed by atoms with Gasteiger partial charge in [-0.1, -0.05) is 30.3 Å². The number of carbonyl (C=O) groups is 2. The van der Waals surface area contributed by atoms with Gasteiger partial charge in [-0.15, -0.1) is 0 Å². The maximum absolute atomic E-state index is 11.2. The second-order valence-electron chi connectivity index (χ2n) is 4.55. The lowest BCUT2D eigenvalue weighted by molar-refractivity contribution is -0.273. The molecule has 0 atom stereocenters. The van der Waals surface area contributed by atoms with Gasteiger partial charge >= 0.3 is 11.9 Å². The van der Waals surface area contributed by atoms with E-state index in [9.17, 15) is 9.59 Å². The van der Waals surface area contributed by atoms with Gasteiger partial charge < -0.3 is 9.47 Å². The van der Waals surface area contributed by atoms with E-state index in [1.807, 2.05) is 30.3 Å². The molecule has 0 radical (unpaired) electrons. The minimum Gasteiger partial charge on any atom is -0.422 e.